The summed E-state index contributed by atoms with van der Waals surface area (Å²) in [6.45, 7) is 0. The number of anilines is 1. The molecule has 0 amide bonds. The SMILES string of the molecule is Nc1nc2ccc(C(=O)c3ccc(F)cc3)cc2[nH]1. The minimum atomic E-state index is -0.367. The molecular formula is C14H10FN3O. The van der Waals surface area contributed by atoms with Crippen molar-refractivity contribution < 1.29 is 9.18 Å². The van der Waals surface area contributed by atoms with E-state index in [0.717, 1.165) is 0 Å². The summed E-state index contributed by atoms with van der Waals surface area (Å²) >= 11 is 0. The molecule has 5 heteroatoms. The van der Waals surface area contributed by atoms with Gasteiger partial charge in [-0.25, -0.2) is 9.37 Å². The van der Waals surface area contributed by atoms with Crippen molar-refractivity contribution in [3.05, 3.63) is 59.4 Å². The second-order valence-electron chi connectivity index (χ2n) is 4.19. The number of halogens is 1. The third-order valence-electron chi connectivity index (χ3n) is 2.87. The van der Waals surface area contributed by atoms with Gasteiger partial charge in [-0.05, 0) is 42.5 Å². The van der Waals surface area contributed by atoms with E-state index in [1.807, 2.05) is 0 Å². The maximum absolute atomic E-state index is 12.8. The number of aromatic amines is 1. The van der Waals surface area contributed by atoms with Crippen LogP contribution in [-0.2, 0) is 0 Å². The van der Waals surface area contributed by atoms with Crippen LogP contribution in [0.2, 0.25) is 0 Å². The molecule has 4 nitrogen and oxygen atoms in total. The van der Waals surface area contributed by atoms with Crippen molar-refractivity contribution in [2.45, 2.75) is 0 Å². The molecule has 0 atom stereocenters. The van der Waals surface area contributed by atoms with Crippen LogP contribution in [0.1, 0.15) is 15.9 Å². The fraction of sp³-hybridized carbons (Fsp3) is 0. The van der Waals surface area contributed by atoms with Crippen molar-refractivity contribution in [3.8, 4) is 0 Å². The van der Waals surface area contributed by atoms with Crippen LogP contribution < -0.4 is 5.73 Å². The molecule has 3 aromatic rings. The lowest BCUT2D eigenvalue weighted by molar-refractivity contribution is 0.103. The molecule has 0 aliphatic rings. The van der Waals surface area contributed by atoms with Gasteiger partial charge in [-0.3, -0.25) is 4.79 Å². The highest BCUT2D eigenvalue weighted by Gasteiger charge is 2.10. The average Bonchev–Trinajstić information content (AvgIpc) is 2.77. The minimum Gasteiger partial charge on any atom is -0.369 e. The Morgan fingerprint density at radius 2 is 1.79 bits per heavy atom. The molecular weight excluding hydrogens is 245 g/mol. The number of rotatable bonds is 2. The summed E-state index contributed by atoms with van der Waals surface area (Å²) in [5.41, 5.74) is 7.89. The molecule has 3 rings (SSSR count). The van der Waals surface area contributed by atoms with E-state index in [1.54, 1.807) is 18.2 Å². The number of nitrogens with two attached hydrogens (primary N) is 1. The van der Waals surface area contributed by atoms with Gasteiger partial charge in [0.2, 0.25) is 0 Å². The molecule has 0 saturated heterocycles. The molecule has 0 saturated carbocycles. The lowest BCUT2D eigenvalue weighted by atomic mass is 10.0. The van der Waals surface area contributed by atoms with Gasteiger partial charge in [0.05, 0.1) is 11.0 Å². The van der Waals surface area contributed by atoms with Gasteiger partial charge in [-0.2, -0.15) is 0 Å². The number of hydrogen-bond donors (Lipinski definition) is 2. The van der Waals surface area contributed by atoms with Gasteiger partial charge in [-0.15, -0.1) is 0 Å². The van der Waals surface area contributed by atoms with E-state index in [2.05, 4.69) is 9.97 Å². The molecule has 94 valence electrons. The minimum absolute atomic E-state index is 0.171. The van der Waals surface area contributed by atoms with E-state index in [4.69, 9.17) is 5.73 Å². The Labute approximate surface area is 108 Å². The lowest BCUT2D eigenvalue weighted by Crippen LogP contribution is -2.01. The first-order valence-corrected chi connectivity index (χ1v) is 5.69. The fourth-order valence-electron chi connectivity index (χ4n) is 1.94. The normalized spacial score (nSPS) is 10.8. The first kappa shape index (κ1) is 11.4. The van der Waals surface area contributed by atoms with E-state index in [0.29, 0.717) is 28.1 Å². The number of carbonyl (C=O) groups is 1. The average molecular weight is 255 g/mol. The Bertz CT molecular complexity index is 762. The fourth-order valence-corrected chi connectivity index (χ4v) is 1.94. The molecule has 0 unspecified atom stereocenters. The second kappa shape index (κ2) is 4.20. The number of ketones is 1. The number of carbonyl (C=O) groups excluding carboxylic acids is 1. The first-order valence-electron chi connectivity index (χ1n) is 5.69. The van der Waals surface area contributed by atoms with Crippen LogP contribution in [0.4, 0.5) is 10.3 Å². The molecule has 0 bridgehead atoms. The predicted molar refractivity (Wildman–Crippen MR) is 70.3 cm³/mol. The Kier molecular flexibility index (Phi) is 2.52. The Hall–Kier alpha value is -2.69. The van der Waals surface area contributed by atoms with Gasteiger partial charge < -0.3 is 10.7 Å². The largest absolute Gasteiger partial charge is 0.369 e. The molecule has 0 spiro atoms. The van der Waals surface area contributed by atoms with Gasteiger partial charge in [0.25, 0.3) is 0 Å². The molecule has 0 aliphatic carbocycles. The van der Waals surface area contributed by atoms with E-state index in [-0.39, 0.29) is 11.6 Å². The molecule has 0 fully saturated rings. The second-order valence-corrected chi connectivity index (χ2v) is 4.19. The van der Waals surface area contributed by atoms with Crippen LogP contribution in [0.3, 0.4) is 0 Å². The number of benzene rings is 2. The summed E-state index contributed by atoms with van der Waals surface area (Å²) in [7, 11) is 0. The van der Waals surface area contributed by atoms with Crippen molar-refractivity contribution in [1.29, 1.82) is 0 Å². The van der Waals surface area contributed by atoms with Crippen molar-refractivity contribution >= 4 is 22.8 Å². The van der Waals surface area contributed by atoms with Crippen LogP contribution in [0.5, 0.6) is 0 Å². The molecule has 0 aliphatic heterocycles. The number of nitrogens with zero attached hydrogens (tertiary/aromatic N) is 1. The number of H-pyrrole nitrogens is 1. The summed E-state index contributed by atoms with van der Waals surface area (Å²) in [6.07, 6.45) is 0. The predicted octanol–water partition coefficient (Wildman–Crippen LogP) is 2.52. The number of nitrogen functional groups attached to an aromatic ring is 1. The van der Waals surface area contributed by atoms with Crippen molar-refractivity contribution in [3.63, 3.8) is 0 Å². The van der Waals surface area contributed by atoms with Crippen molar-refractivity contribution in [1.82, 2.24) is 9.97 Å². The van der Waals surface area contributed by atoms with Gasteiger partial charge >= 0.3 is 0 Å². The summed E-state index contributed by atoms with van der Waals surface area (Å²) in [5, 5.41) is 0. The van der Waals surface area contributed by atoms with Gasteiger partial charge in [0.15, 0.2) is 11.7 Å². The number of fused-ring (bicyclic) bond motifs is 1. The third-order valence-corrected chi connectivity index (χ3v) is 2.87. The van der Waals surface area contributed by atoms with Gasteiger partial charge in [0.1, 0.15) is 5.82 Å². The first-order chi connectivity index (χ1) is 9.13. The summed E-state index contributed by atoms with van der Waals surface area (Å²) in [4.78, 5) is 19.1. The van der Waals surface area contributed by atoms with Crippen LogP contribution in [0.15, 0.2) is 42.5 Å². The van der Waals surface area contributed by atoms with E-state index in [1.165, 1.54) is 24.3 Å². The Balaban J connectivity index is 2.03. The monoisotopic (exact) mass is 255 g/mol. The number of nitrogens with one attached hydrogen (secondary N) is 1. The number of imidazole rings is 1. The molecule has 1 aromatic heterocycles. The maximum atomic E-state index is 12.8. The molecule has 19 heavy (non-hydrogen) atoms. The van der Waals surface area contributed by atoms with Crippen molar-refractivity contribution in [2.75, 3.05) is 5.73 Å². The molecule has 3 N–H and O–H groups in total. The maximum Gasteiger partial charge on any atom is 0.198 e. The topological polar surface area (TPSA) is 71.8 Å². The lowest BCUT2D eigenvalue weighted by Gasteiger charge is -2.01. The summed E-state index contributed by atoms with van der Waals surface area (Å²) in [6, 6.07) is 10.5. The van der Waals surface area contributed by atoms with Gasteiger partial charge in [-0.1, -0.05) is 0 Å². The highest BCUT2D eigenvalue weighted by molar-refractivity contribution is 6.10. The molecule has 0 radical (unpaired) electrons. The molecule has 1 heterocycles. The van der Waals surface area contributed by atoms with E-state index >= 15 is 0 Å². The number of aromatic nitrogens is 2. The third kappa shape index (κ3) is 2.06. The Morgan fingerprint density at radius 3 is 2.53 bits per heavy atom. The molecule has 2 aromatic carbocycles. The smallest absolute Gasteiger partial charge is 0.198 e. The van der Waals surface area contributed by atoms with E-state index < -0.39 is 0 Å². The van der Waals surface area contributed by atoms with Crippen LogP contribution >= 0.6 is 0 Å². The van der Waals surface area contributed by atoms with Crippen LogP contribution in [0.25, 0.3) is 11.0 Å². The zero-order chi connectivity index (χ0) is 13.4. The summed E-state index contributed by atoms with van der Waals surface area (Å²) < 4.78 is 12.8. The summed E-state index contributed by atoms with van der Waals surface area (Å²) in [5.74, 6) is -0.232. The quantitative estimate of drug-likeness (QED) is 0.691. The zero-order valence-corrected chi connectivity index (χ0v) is 9.85. The van der Waals surface area contributed by atoms with Crippen molar-refractivity contribution in [2.24, 2.45) is 0 Å². The van der Waals surface area contributed by atoms with E-state index in [9.17, 15) is 9.18 Å². The highest BCUT2D eigenvalue weighted by atomic mass is 19.1. The standard InChI is InChI=1S/C14H10FN3O/c15-10-4-1-8(2-5-10)13(19)9-3-6-11-12(7-9)18-14(16)17-11/h1-7H,(H3,16,17,18). The zero-order valence-electron chi connectivity index (χ0n) is 9.85. The number of hydrogen-bond acceptors (Lipinski definition) is 3. The highest BCUT2D eigenvalue weighted by Crippen LogP contribution is 2.17. The van der Waals surface area contributed by atoms with Gasteiger partial charge in [0, 0.05) is 11.1 Å². The van der Waals surface area contributed by atoms with Crippen LogP contribution in [0, 0.1) is 5.82 Å². The van der Waals surface area contributed by atoms with Crippen LogP contribution in [-0.4, -0.2) is 15.8 Å². The Morgan fingerprint density at radius 1 is 1.11 bits per heavy atom.